The summed E-state index contributed by atoms with van der Waals surface area (Å²) >= 11 is 0. The first kappa shape index (κ1) is 75.4. The molecular formula is C72H111NO8. The maximum Gasteiger partial charge on any atom is 0.306 e. The number of quaternary nitrogens is 1. The van der Waals surface area contributed by atoms with E-state index in [1.807, 2.05) is 21.1 Å². The maximum atomic E-state index is 12.9. The number of carboxylic acid groups (broad SMARTS) is 1. The Morgan fingerprint density at radius 3 is 0.988 bits per heavy atom. The molecule has 0 aromatic heterocycles. The summed E-state index contributed by atoms with van der Waals surface area (Å²) in [7, 11) is 5.89. The minimum absolute atomic E-state index is 0.128. The van der Waals surface area contributed by atoms with Crippen molar-refractivity contribution in [1.82, 2.24) is 0 Å². The van der Waals surface area contributed by atoms with Crippen molar-refractivity contribution in [2.75, 3.05) is 47.5 Å². The van der Waals surface area contributed by atoms with Gasteiger partial charge in [-0.15, -0.1) is 0 Å². The fraction of sp³-hybridized carbons (Fsp3) is 0.542. The number of carbonyl (C=O) groups excluding carboxylic acids is 3. The molecule has 9 nitrogen and oxygen atoms in total. The van der Waals surface area contributed by atoms with Gasteiger partial charge in [0.1, 0.15) is 13.2 Å². The van der Waals surface area contributed by atoms with Crippen LogP contribution in [0.1, 0.15) is 194 Å². The van der Waals surface area contributed by atoms with Gasteiger partial charge in [0.25, 0.3) is 0 Å². The number of allylic oxidation sites excluding steroid dienone is 30. The van der Waals surface area contributed by atoms with Crippen molar-refractivity contribution in [2.45, 2.75) is 206 Å². The van der Waals surface area contributed by atoms with E-state index in [4.69, 9.17) is 18.9 Å². The molecule has 0 aliphatic rings. The third-order valence-electron chi connectivity index (χ3n) is 12.1. The molecule has 0 saturated heterocycles. The molecule has 2 unspecified atom stereocenters. The highest BCUT2D eigenvalue weighted by atomic mass is 16.7. The molecule has 0 amide bonds. The van der Waals surface area contributed by atoms with Gasteiger partial charge in [0.15, 0.2) is 12.4 Å². The molecular weight excluding hydrogens is 1010 g/mol. The predicted octanol–water partition coefficient (Wildman–Crippen LogP) is 17.6. The van der Waals surface area contributed by atoms with Crippen LogP contribution in [-0.2, 0) is 33.3 Å². The Balaban J connectivity index is 4.29. The van der Waals surface area contributed by atoms with E-state index in [2.05, 4.69) is 196 Å². The Hall–Kier alpha value is -5.61. The molecule has 0 saturated carbocycles. The normalized spacial score (nSPS) is 14.0. The van der Waals surface area contributed by atoms with E-state index < -0.39 is 30.3 Å². The Morgan fingerprint density at radius 2 is 0.667 bits per heavy atom. The van der Waals surface area contributed by atoms with Crippen LogP contribution in [-0.4, -0.2) is 82.3 Å². The van der Waals surface area contributed by atoms with Crippen LogP contribution in [0.25, 0.3) is 0 Å². The number of rotatable bonds is 54. The van der Waals surface area contributed by atoms with Crippen LogP contribution in [0, 0.1) is 0 Å². The van der Waals surface area contributed by atoms with Gasteiger partial charge < -0.3 is 33.3 Å². The molecule has 0 radical (unpaired) electrons. The van der Waals surface area contributed by atoms with Gasteiger partial charge in [-0.2, -0.15) is 0 Å². The van der Waals surface area contributed by atoms with Crippen molar-refractivity contribution in [3.63, 3.8) is 0 Å². The minimum atomic E-state index is -1.65. The number of ether oxygens (including phenoxy) is 4. The Morgan fingerprint density at radius 1 is 0.370 bits per heavy atom. The van der Waals surface area contributed by atoms with Gasteiger partial charge in [-0.3, -0.25) is 9.59 Å². The summed E-state index contributed by atoms with van der Waals surface area (Å²) in [5.74, 6) is -2.37. The van der Waals surface area contributed by atoms with Gasteiger partial charge in [-0.1, -0.05) is 228 Å². The molecule has 0 aliphatic heterocycles. The minimum Gasteiger partial charge on any atom is -0.545 e. The highest BCUT2D eigenvalue weighted by molar-refractivity contribution is 5.70. The number of carbonyl (C=O) groups is 3. The Kier molecular flexibility index (Phi) is 56.3. The number of aliphatic carboxylic acids is 1. The Labute approximate surface area is 494 Å². The van der Waals surface area contributed by atoms with Gasteiger partial charge in [-0.05, 0) is 135 Å². The van der Waals surface area contributed by atoms with E-state index in [0.29, 0.717) is 23.9 Å². The molecule has 0 fully saturated rings. The van der Waals surface area contributed by atoms with Gasteiger partial charge in [0.05, 0.1) is 40.3 Å². The molecule has 9 heteroatoms. The fourth-order valence-corrected chi connectivity index (χ4v) is 7.47. The largest absolute Gasteiger partial charge is 0.545 e. The van der Waals surface area contributed by atoms with Gasteiger partial charge in [0, 0.05) is 12.8 Å². The molecule has 452 valence electrons. The van der Waals surface area contributed by atoms with Crippen molar-refractivity contribution < 1.29 is 42.9 Å². The zero-order valence-electron chi connectivity index (χ0n) is 51.3. The number of carboxylic acids is 1. The van der Waals surface area contributed by atoms with Crippen LogP contribution in [0.4, 0.5) is 0 Å². The van der Waals surface area contributed by atoms with E-state index >= 15 is 0 Å². The molecule has 0 bridgehead atoms. The highest BCUT2D eigenvalue weighted by Crippen LogP contribution is 2.12. The summed E-state index contributed by atoms with van der Waals surface area (Å²) in [4.78, 5) is 37.3. The maximum absolute atomic E-state index is 12.9. The second kappa shape index (κ2) is 60.5. The number of likely N-dealkylation sites (N-methyl/N-ethyl adjacent to an activating group) is 1. The molecule has 0 spiro atoms. The van der Waals surface area contributed by atoms with Crippen LogP contribution < -0.4 is 5.11 Å². The molecule has 0 aromatic carbocycles. The lowest BCUT2D eigenvalue weighted by Crippen LogP contribution is -2.44. The number of unbranched alkanes of at least 4 members (excludes halogenated alkanes) is 9. The molecule has 0 aromatic rings. The molecule has 0 heterocycles. The van der Waals surface area contributed by atoms with E-state index in [0.717, 1.165) is 154 Å². The zero-order valence-corrected chi connectivity index (χ0v) is 51.3. The zero-order chi connectivity index (χ0) is 59.1. The predicted molar refractivity (Wildman–Crippen MR) is 342 cm³/mol. The summed E-state index contributed by atoms with van der Waals surface area (Å²) in [6.45, 7) is 4.43. The van der Waals surface area contributed by atoms with E-state index in [1.54, 1.807) is 0 Å². The number of esters is 2. The lowest BCUT2D eigenvalue weighted by molar-refractivity contribution is -0.870. The van der Waals surface area contributed by atoms with Crippen molar-refractivity contribution in [1.29, 1.82) is 0 Å². The lowest BCUT2D eigenvalue weighted by Gasteiger charge is -2.26. The summed E-state index contributed by atoms with van der Waals surface area (Å²) in [6, 6.07) is 0. The van der Waals surface area contributed by atoms with Crippen LogP contribution >= 0.6 is 0 Å². The average Bonchev–Trinajstić information content (AvgIpc) is 3.44. The third-order valence-corrected chi connectivity index (χ3v) is 12.1. The molecule has 0 N–H and O–H groups in total. The first-order chi connectivity index (χ1) is 39.6. The number of hydrogen-bond donors (Lipinski definition) is 0. The van der Waals surface area contributed by atoms with Crippen LogP contribution in [0.15, 0.2) is 182 Å². The average molecular weight is 1120 g/mol. The quantitative estimate of drug-likeness (QED) is 0.0195. The van der Waals surface area contributed by atoms with E-state index in [1.165, 1.54) is 0 Å². The third kappa shape index (κ3) is 61.9. The topological polar surface area (TPSA) is 111 Å². The van der Waals surface area contributed by atoms with Gasteiger partial charge >= 0.3 is 11.9 Å². The summed E-state index contributed by atoms with van der Waals surface area (Å²) in [5, 5.41) is 11.8. The van der Waals surface area contributed by atoms with E-state index in [9.17, 15) is 19.5 Å². The highest BCUT2D eigenvalue weighted by Gasteiger charge is 2.22. The first-order valence-corrected chi connectivity index (χ1v) is 30.9. The standard InChI is InChI=1S/C72H111NO8/c1-6-8-10-12-14-16-18-20-22-24-25-26-27-28-29-30-31-32-33-34-35-36-37-38-39-40-41-42-43-44-45-47-49-51-53-55-57-59-61-63-70(75)81-68(67-80-72(71(76)77)78-65-64-73(3,4)5)66-79-69(74)62-60-58-56-54-52-50-48-46-23-21-19-17-15-13-11-9-7-2/h8-11,14-17,20-23,25-26,28-29,31-32,34-35,37-38,40-41,43-44,47-50,68,72H,6-7,12-13,18-19,24,27,30,33,36,39,42,45-46,51-67H2,1-5H3/b10-8-,11-9-,16-14-,17-15-,22-20-,23-21-,26-25-,29-28-,32-31-,35-34-,38-37-,41-40-,44-43-,49-47-,50-48-. The second-order valence-electron chi connectivity index (χ2n) is 20.9. The molecule has 0 rings (SSSR count). The van der Waals surface area contributed by atoms with Crippen molar-refractivity contribution >= 4 is 17.9 Å². The van der Waals surface area contributed by atoms with Crippen LogP contribution in [0.5, 0.6) is 0 Å². The summed E-state index contributed by atoms with van der Waals surface area (Å²) in [5.41, 5.74) is 0. The molecule has 0 aliphatic carbocycles. The SMILES string of the molecule is CC/C=C\C/C=C\C/C=C\C/C=C\C/C=C\C/C=C\C/C=C\C/C=C\C/C=C\C/C=C\C/C=C\CCCCCCCC(=O)OC(COC(=O)CCCCCC/C=C\C/C=C\C/C=C\C/C=C\CC)COC(OCC[N+](C)(C)C)C(=O)[O-]. The second-order valence-corrected chi connectivity index (χ2v) is 20.9. The molecule has 2 atom stereocenters. The fourth-order valence-electron chi connectivity index (χ4n) is 7.47. The first-order valence-electron chi connectivity index (χ1n) is 30.9. The van der Waals surface area contributed by atoms with Crippen LogP contribution in [0.3, 0.4) is 0 Å². The van der Waals surface area contributed by atoms with Crippen LogP contribution in [0.2, 0.25) is 0 Å². The van der Waals surface area contributed by atoms with Crippen molar-refractivity contribution in [3.05, 3.63) is 182 Å². The lowest BCUT2D eigenvalue weighted by atomic mass is 10.1. The van der Waals surface area contributed by atoms with Crippen molar-refractivity contribution in [3.8, 4) is 0 Å². The summed E-state index contributed by atoms with van der Waals surface area (Å²) in [6.07, 6.45) is 89.5. The van der Waals surface area contributed by atoms with Crippen molar-refractivity contribution in [2.24, 2.45) is 0 Å². The number of hydrogen-bond acceptors (Lipinski definition) is 8. The smallest absolute Gasteiger partial charge is 0.306 e. The monoisotopic (exact) mass is 1120 g/mol. The van der Waals surface area contributed by atoms with Gasteiger partial charge in [0.2, 0.25) is 0 Å². The van der Waals surface area contributed by atoms with E-state index in [-0.39, 0.29) is 32.7 Å². The molecule has 81 heavy (non-hydrogen) atoms. The Bertz CT molecular complexity index is 1980. The summed E-state index contributed by atoms with van der Waals surface area (Å²) < 4.78 is 22.6. The van der Waals surface area contributed by atoms with Gasteiger partial charge in [-0.25, -0.2) is 0 Å². The number of nitrogens with zero attached hydrogens (tertiary/aromatic N) is 1.